The molecule has 2 aliphatic carbocycles. The van der Waals surface area contributed by atoms with Crippen LogP contribution < -0.4 is 0 Å². The van der Waals surface area contributed by atoms with Crippen LogP contribution >= 0.6 is 0 Å². The van der Waals surface area contributed by atoms with Crippen molar-refractivity contribution in [2.45, 2.75) is 13.8 Å². The van der Waals surface area contributed by atoms with E-state index in [4.69, 9.17) is 0 Å². The number of carbonyl (C=O) groups excluding carboxylic acids is 1. The molecule has 0 unspecified atom stereocenters. The van der Waals surface area contributed by atoms with E-state index in [9.17, 15) is 4.79 Å². The van der Waals surface area contributed by atoms with Crippen LogP contribution in [0.2, 0.25) is 0 Å². The highest BCUT2D eigenvalue weighted by molar-refractivity contribution is 6.07. The maximum atomic E-state index is 11.6. The number of fused-ring (bicyclic) bond motifs is 1. The fourth-order valence-electron chi connectivity index (χ4n) is 1.63. The third-order valence-electron chi connectivity index (χ3n) is 2.39. The minimum atomic E-state index is 0.161. The number of hydrogen-bond donors (Lipinski definition) is 0. The van der Waals surface area contributed by atoms with Crippen LogP contribution in [0.4, 0.5) is 0 Å². The molecule has 1 nitrogen and oxygen atoms in total. The maximum Gasteiger partial charge on any atom is 0.182 e. The first kappa shape index (κ1) is 8.24. The number of carbonyl (C=O) groups is 1. The minimum absolute atomic E-state index is 0.161. The van der Waals surface area contributed by atoms with Gasteiger partial charge in [-0.05, 0) is 29.2 Å². The largest absolute Gasteiger partial charge is 0.290 e. The molecule has 0 saturated heterocycles. The highest BCUT2D eigenvalue weighted by Crippen LogP contribution is 2.28. The van der Waals surface area contributed by atoms with E-state index < -0.39 is 0 Å². The molecule has 0 bridgehead atoms. The topological polar surface area (TPSA) is 17.1 Å². The summed E-state index contributed by atoms with van der Waals surface area (Å²) in [7, 11) is 0. The molecular weight excluding hydrogens is 160 g/mol. The Bertz CT molecular complexity index is 376. The first-order valence-electron chi connectivity index (χ1n) is 4.55. The van der Waals surface area contributed by atoms with Gasteiger partial charge >= 0.3 is 0 Å². The molecule has 0 amide bonds. The Morgan fingerprint density at radius 2 is 1.92 bits per heavy atom. The number of hydrogen-bond acceptors (Lipinski definition) is 1. The van der Waals surface area contributed by atoms with Crippen LogP contribution in [0.3, 0.4) is 0 Å². The molecule has 0 aromatic heterocycles. The van der Waals surface area contributed by atoms with Gasteiger partial charge in [0.1, 0.15) is 0 Å². The van der Waals surface area contributed by atoms with E-state index >= 15 is 0 Å². The molecule has 0 aromatic rings. The molecule has 0 spiro atoms. The Morgan fingerprint density at radius 1 is 1.15 bits per heavy atom. The summed E-state index contributed by atoms with van der Waals surface area (Å²) in [6, 6.07) is 0. The van der Waals surface area contributed by atoms with Crippen LogP contribution in [-0.4, -0.2) is 5.78 Å². The second-order valence-electron chi connectivity index (χ2n) is 3.70. The molecule has 0 radical (unpaired) electrons. The Hall–Kier alpha value is -1.37. The van der Waals surface area contributed by atoms with Crippen molar-refractivity contribution < 1.29 is 4.79 Å². The lowest BCUT2D eigenvalue weighted by molar-refractivity contribution is -0.111. The second-order valence-corrected chi connectivity index (χ2v) is 3.70. The predicted molar refractivity (Wildman–Crippen MR) is 53.2 cm³/mol. The highest BCUT2D eigenvalue weighted by atomic mass is 16.1. The van der Waals surface area contributed by atoms with E-state index in [-0.39, 0.29) is 5.78 Å². The van der Waals surface area contributed by atoms with Crippen molar-refractivity contribution in [3.8, 4) is 0 Å². The molecule has 66 valence electrons. The first-order chi connectivity index (χ1) is 6.18. The van der Waals surface area contributed by atoms with E-state index in [2.05, 4.69) is 0 Å². The fourth-order valence-corrected chi connectivity index (χ4v) is 1.63. The quantitative estimate of drug-likeness (QED) is 0.594. The third kappa shape index (κ3) is 1.31. The van der Waals surface area contributed by atoms with Gasteiger partial charge in [0.15, 0.2) is 5.78 Å². The Morgan fingerprint density at radius 3 is 2.62 bits per heavy atom. The van der Waals surface area contributed by atoms with Gasteiger partial charge in [-0.3, -0.25) is 4.79 Å². The summed E-state index contributed by atoms with van der Waals surface area (Å²) in [6.45, 7) is 4.09. The van der Waals surface area contributed by atoms with E-state index in [1.54, 1.807) is 6.08 Å². The fraction of sp³-hybridized carbons (Fsp3) is 0.250. The third-order valence-corrected chi connectivity index (χ3v) is 2.39. The zero-order chi connectivity index (χ0) is 9.42. The average molecular weight is 172 g/mol. The minimum Gasteiger partial charge on any atom is -0.290 e. The van der Waals surface area contributed by atoms with Gasteiger partial charge in [0.05, 0.1) is 0 Å². The van der Waals surface area contributed by atoms with Crippen LogP contribution in [0.15, 0.2) is 47.1 Å². The summed E-state index contributed by atoms with van der Waals surface area (Å²) in [4.78, 5) is 11.6. The summed E-state index contributed by atoms with van der Waals surface area (Å²) in [6.07, 6.45) is 9.72. The summed E-state index contributed by atoms with van der Waals surface area (Å²) in [5.41, 5.74) is 3.14. The summed E-state index contributed by atoms with van der Waals surface area (Å²) >= 11 is 0. The zero-order valence-electron chi connectivity index (χ0n) is 7.87. The first-order valence-corrected chi connectivity index (χ1v) is 4.55. The number of rotatable bonds is 1. The number of allylic oxidation sites excluding steroid dienone is 8. The molecule has 0 heterocycles. The van der Waals surface area contributed by atoms with Crippen LogP contribution in [0.1, 0.15) is 13.8 Å². The predicted octanol–water partition coefficient (Wildman–Crippen LogP) is 2.57. The summed E-state index contributed by atoms with van der Waals surface area (Å²) < 4.78 is 0. The van der Waals surface area contributed by atoms with Crippen LogP contribution in [-0.2, 0) is 4.79 Å². The monoisotopic (exact) mass is 172 g/mol. The van der Waals surface area contributed by atoms with Gasteiger partial charge in [-0.1, -0.05) is 32.1 Å². The van der Waals surface area contributed by atoms with Gasteiger partial charge < -0.3 is 0 Å². The Balaban J connectivity index is 2.42. The molecule has 0 atom stereocenters. The van der Waals surface area contributed by atoms with E-state index in [1.165, 1.54) is 5.57 Å². The molecule has 1 heteroatoms. The van der Waals surface area contributed by atoms with Crippen molar-refractivity contribution in [3.05, 3.63) is 47.1 Å². The molecule has 2 aliphatic rings. The molecule has 0 fully saturated rings. The molecule has 0 aliphatic heterocycles. The molecule has 0 aromatic carbocycles. The van der Waals surface area contributed by atoms with Crippen molar-refractivity contribution in [2.24, 2.45) is 5.92 Å². The summed E-state index contributed by atoms with van der Waals surface area (Å²) in [5.74, 6) is 0.473. The lowest BCUT2D eigenvalue weighted by Crippen LogP contribution is -2.10. The van der Waals surface area contributed by atoms with E-state index in [1.807, 2.05) is 38.2 Å². The molecule has 13 heavy (non-hydrogen) atoms. The lowest BCUT2D eigenvalue weighted by Gasteiger charge is -2.14. The van der Waals surface area contributed by atoms with Crippen LogP contribution in [0.5, 0.6) is 0 Å². The Kier molecular flexibility index (Phi) is 1.80. The maximum absolute atomic E-state index is 11.6. The van der Waals surface area contributed by atoms with Crippen molar-refractivity contribution >= 4 is 5.78 Å². The van der Waals surface area contributed by atoms with Gasteiger partial charge in [0, 0.05) is 5.57 Å². The normalized spacial score (nSPS) is 19.9. The van der Waals surface area contributed by atoms with Gasteiger partial charge in [0.2, 0.25) is 0 Å². The molecule has 0 saturated carbocycles. The lowest BCUT2D eigenvalue weighted by atomic mass is 9.89. The van der Waals surface area contributed by atoms with Crippen LogP contribution in [0.25, 0.3) is 0 Å². The standard InChI is InChI=1S/C12H12O/c1-8(2)11-6-9-4-3-5-10(9)7-12(11)13/h3-8H,1-2H3. The van der Waals surface area contributed by atoms with Gasteiger partial charge in [-0.25, -0.2) is 0 Å². The SMILES string of the molecule is CC(C)C1=CC2=CC=CC2=CC1=O. The average Bonchev–Trinajstić information content (AvgIpc) is 2.48. The Labute approximate surface area is 78.1 Å². The smallest absolute Gasteiger partial charge is 0.182 e. The van der Waals surface area contributed by atoms with Crippen molar-refractivity contribution in [3.63, 3.8) is 0 Å². The molecule has 2 rings (SSSR count). The van der Waals surface area contributed by atoms with E-state index in [0.29, 0.717) is 5.92 Å². The van der Waals surface area contributed by atoms with Gasteiger partial charge in [-0.2, -0.15) is 0 Å². The van der Waals surface area contributed by atoms with Gasteiger partial charge in [0.25, 0.3) is 0 Å². The number of ketones is 1. The zero-order valence-corrected chi connectivity index (χ0v) is 7.87. The molecular formula is C12H12O. The second kappa shape index (κ2) is 2.84. The summed E-state index contributed by atoms with van der Waals surface area (Å²) in [5, 5.41) is 0. The van der Waals surface area contributed by atoms with Gasteiger partial charge in [-0.15, -0.1) is 0 Å². The van der Waals surface area contributed by atoms with Crippen LogP contribution in [0, 0.1) is 5.92 Å². The van der Waals surface area contributed by atoms with Crippen molar-refractivity contribution in [1.82, 2.24) is 0 Å². The van der Waals surface area contributed by atoms with Crippen molar-refractivity contribution in [2.75, 3.05) is 0 Å². The molecule has 0 N–H and O–H groups in total. The highest BCUT2D eigenvalue weighted by Gasteiger charge is 2.19. The van der Waals surface area contributed by atoms with E-state index in [0.717, 1.165) is 11.1 Å². The van der Waals surface area contributed by atoms with Crippen molar-refractivity contribution in [1.29, 1.82) is 0 Å².